The highest BCUT2D eigenvalue weighted by Crippen LogP contribution is 2.24. The maximum absolute atomic E-state index is 12.8. The molecule has 0 saturated heterocycles. The van der Waals surface area contributed by atoms with E-state index in [1.807, 2.05) is 31.2 Å². The number of thioether (sulfide) groups is 1. The van der Waals surface area contributed by atoms with Gasteiger partial charge in [0.25, 0.3) is 5.56 Å². The molecule has 0 aliphatic heterocycles. The van der Waals surface area contributed by atoms with Crippen molar-refractivity contribution < 1.29 is 9.53 Å². The Morgan fingerprint density at radius 2 is 1.89 bits per heavy atom. The van der Waals surface area contributed by atoms with Crippen molar-refractivity contribution in [2.24, 2.45) is 14.1 Å². The number of hydrogen-bond acceptors (Lipinski definition) is 6. The number of rotatable bonds is 6. The smallest absolute Gasteiger partial charge is 0.332 e. The maximum atomic E-state index is 12.8. The van der Waals surface area contributed by atoms with E-state index in [-0.39, 0.29) is 11.7 Å². The highest BCUT2D eigenvalue weighted by molar-refractivity contribution is 7.99. The molecule has 0 fully saturated rings. The zero-order chi connectivity index (χ0) is 20.4. The van der Waals surface area contributed by atoms with E-state index in [0.29, 0.717) is 29.5 Å². The van der Waals surface area contributed by atoms with E-state index in [4.69, 9.17) is 4.74 Å². The standard InChI is InChI=1S/C19H22N4O4S/c1-5-27-14(24)11-28-18-20-16-15(17(25)22(4)19(26)21(16)3)23(18)10-13-9-7-6-8-12(13)2/h6-9H,5,10-11H2,1-4H3. The molecule has 3 rings (SSSR count). The minimum Gasteiger partial charge on any atom is -0.465 e. The predicted octanol–water partition coefficient (Wildman–Crippen LogP) is 1.45. The number of esters is 1. The van der Waals surface area contributed by atoms with Crippen LogP contribution in [0.15, 0.2) is 39.0 Å². The van der Waals surface area contributed by atoms with Crippen LogP contribution in [0.25, 0.3) is 11.2 Å². The van der Waals surface area contributed by atoms with Crippen molar-refractivity contribution in [3.05, 3.63) is 56.2 Å². The number of carbonyl (C=O) groups is 1. The molecule has 0 N–H and O–H groups in total. The lowest BCUT2D eigenvalue weighted by Crippen LogP contribution is -2.37. The van der Waals surface area contributed by atoms with Crippen LogP contribution in [0.5, 0.6) is 0 Å². The van der Waals surface area contributed by atoms with Gasteiger partial charge in [-0.1, -0.05) is 36.0 Å². The van der Waals surface area contributed by atoms with E-state index in [1.54, 1.807) is 18.5 Å². The van der Waals surface area contributed by atoms with E-state index in [2.05, 4.69) is 4.98 Å². The lowest BCUT2D eigenvalue weighted by Gasteiger charge is -2.11. The topological polar surface area (TPSA) is 88.1 Å². The van der Waals surface area contributed by atoms with Crippen molar-refractivity contribution >= 4 is 28.9 Å². The normalized spacial score (nSPS) is 11.1. The summed E-state index contributed by atoms with van der Waals surface area (Å²) in [5, 5.41) is 0.490. The van der Waals surface area contributed by atoms with Crippen LogP contribution in [0.2, 0.25) is 0 Å². The number of carbonyl (C=O) groups excluding carboxylic acids is 1. The first-order chi connectivity index (χ1) is 13.3. The van der Waals surface area contributed by atoms with Gasteiger partial charge in [-0.25, -0.2) is 9.78 Å². The van der Waals surface area contributed by atoms with Gasteiger partial charge in [-0.3, -0.25) is 18.7 Å². The van der Waals surface area contributed by atoms with Gasteiger partial charge < -0.3 is 9.30 Å². The number of fused-ring (bicyclic) bond motifs is 1. The summed E-state index contributed by atoms with van der Waals surface area (Å²) in [6.07, 6.45) is 0. The Morgan fingerprint density at radius 3 is 2.57 bits per heavy atom. The molecule has 2 aromatic heterocycles. The van der Waals surface area contributed by atoms with Crippen LogP contribution in [0.3, 0.4) is 0 Å². The van der Waals surface area contributed by atoms with Gasteiger partial charge in [-0.2, -0.15) is 0 Å². The molecule has 0 unspecified atom stereocenters. The third-order valence-corrected chi connectivity index (χ3v) is 5.48. The Labute approximate surface area is 165 Å². The van der Waals surface area contributed by atoms with Gasteiger partial charge in [-0.05, 0) is 25.0 Å². The largest absolute Gasteiger partial charge is 0.465 e. The van der Waals surface area contributed by atoms with E-state index in [0.717, 1.165) is 15.7 Å². The molecule has 1 aromatic carbocycles. The molecule has 0 radical (unpaired) electrons. The molecule has 0 aliphatic carbocycles. The Bertz CT molecular complexity index is 1160. The summed E-state index contributed by atoms with van der Waals surface area (Å²) in [6, 6.07) is 7.85. The molecule has 2 heterocycles. The second-order valence-electron chi connectivity index (χ2n) is 6.38. The molecule has 8 nitrogen and oxygen atoms in total. The molecule has 0 saturated carbocycles. The molecule has 0 aliphatic rings. The van der Waals surface area contributed by atoms with E-state index in [9.17, 15) is 14.4 Å². The van der Waals surface area contributed by atoms with Gasteiger partial charge in [0, 0.05) is 14.1 Å². The second-order valence-corrected chi connectivity index (χ2v) is 7.32. The summed E-state index contributed by atoms with van der Waals surface area (Å²) < 4.78 is 9.16. The molecule has 0 spiro atoms. The summed E-state index contributed by atoms with van der Waals surface area (Å²) in [6.45, 7) is 4.44. The maximum Gasteiger partial charge on any atom is 0.332 e. The number of imidazole rings is 1. The first-order valence-electron chi connectivity index (χ1n) is 8.84. The Morgan fingerprint density at radius 1 is 1.18 bits per heavy atom. The van der Waals surface area contributed by atoms with Crippen molar-refractivity contribution in [1.29, 1.82) is 0 Å². The zero-order valence-electron chi connectivity index (χ0n) is 16.3. The van der Waals surface area contributed by atoms with Crippen LogP contribution in [0, 0.1) is 6.92 Å². The molecule has 3 aromatic rings. The van der Waals surface area contributed by atoms with E-state index >= 15 is 0 Å². The van der Waals surface area contributed by atoms with Crippen molar-refractivity contribution in [3.8, 4) is 0 Å². The summed E-state index contributed by atoms with van der Waals surface area (Å²) >= 11 is 1.19. The van der Waals surface area contributed by atoms with Crippen LogP contribution in [0.4, 0.5) is 0 Å². The lowest BCUT2D eigenvalue weighted by atomic mass is 10.1. The molecule has 0 atom stereocenters. The van der Waals surface area contributed by atoms with Gasteiger partial charge in [0.1, 0.15) is 0 Å². The second kappa shape index (κ2) is 8.05. The molecular weight excluding hydrogens is 380 g/mol. The molecule has 0 amide bonds. The quantitative estimate of drug-likeness (QED) is 0.458. The molecule has 28 heavy (non-hydrogen) atoms. The predicted molar refractivity (Wildman–Crippen MR) is 108 cm³/mol. The molecular formula is C19H22N4O4S. The lowest BCUT2D eigenvalue weighted by molar-refractivity contribution is -0.139. The zero-order valence-corrected chi connectivity index (χ0v) is 17.1. The third-order valence-electron chi connectivity index (χ3n) is 4.53. The minimum atomic E-state index is -0.444. The Balaban J connectivity index is 2.18. The van der Waals surface area contributed by atoms with Crippen molar-refractivity contribution in [2.45, 2.75) is 25.5 Å². The number of nitrogens with zero attached hydrogens (tertiary/aromatic N) is 4. The average Bonchev–Trinajstić information content (AvgIpc) is 3.03. The number of aromatic nitrogens is 4. The monoisotopic (exact) mass is 402 g/mol. The summed E-state index contributed by atoms with van der Waals surface area (Å²) in [4.78, 5) is 41.4. The van der Waals surface area contributed by atoms with Gasteiger partial charge in [0.05, 0.1) is 18.9 Å². The van der Waals surface area contributed by atoms with Crippen molar-refractivity contribution in [3.63, 3.8) is 0 Å². The van der Waals surface area contributed by atoms with Gasteiger partial charge >= 0.3 is 11.7 Å². The van der Waals surface area contributed by atoms with Crippen LogP contribution in [-0.4, -0.2) is 37.0 Å². The van der Waals surface area contributed by atoms with E-state index in [1.165, 1.54) is 23.4 Å². The van der Waals surface area contributed by atoms with Crippen molar-refractivity contribution in [1.82, 2.24) is 18.7 Å². The highest BCUT2D eigenvalue weighted by Gasteiger charge is 2.20. The summed E-state index contributed by atoms with van der Waals surface area (Å²) in [5.41, 5.74) is 1.87. The fraction of sp³-hybridized carbons (Fsp3) is 0.368. The number of hydrogen-bond donors (Lipinski definition) is 0. The van der Waals surface area contributed by atoms with Gasteiger partial charge in [0.15, 0.2) is 16.3 Å². The number of aryl methyl sites for hydroxylation is 2. The first kappa shape index (κ1) is 19.9. The molecule has 0 bridgehead atoms. The number of benzene rings is 1. The minimum absolute atomic E-state index is 0.0686. The van der Waals surface area contributed by atoms with Gasteiger partial charge in [0.2, 0.25) is 0 Å². The van der Waals surface area contributed by atoms with Crippen molar-refractivity contribution in [2.75, 3.05) is 12.4 Å². The van der Waals surface area contributed by atoms with Gasteiger partial charge in [-0.15, -0.1) is 0 Å². The summed E-state index contributed by atoms with van der Waals surface area (Å²) in [7, 11) is 3.02. The molecule has 148 valence electrons. The van der Waals surface area contributed by atoms with Crippen LogP contribution in [0.1, 0.15) is 18.1 Å². The summed E-state index contributed by atoms with van der Waals surface area (Å²) in [5.74, 6) is -0.289. The van der Waals surface area contributed by atoms with Crippen LogP contribution >= 0.6 is 11.8 Å². The first-order valence-corrected chi connectivity index (χ1v) is 9.82. The third kappa shape index (κ3) is 3.62. The van der Waals surface area contributed by atoms with Crippen LogP contribution in [-0.2, 0) is 30.2 Å². The fourth-order valence-electron chi connectivity index (χ4n) is 2.97. The van der Waals surface area contributed by atoms with E-state index < -0.39 is 11.2 Å². The Kier molecular flexibility index (Phi) is 5.73. The fourth-order valence-corrected chi connectivity index (χ4v) is 3.76. The average molecular weight is 402 g/mol. The Hall–Kier alpha value is -2.81. The number of ether oxygens (including phenoxy) is 1. The van der Waals surface area contributed by atoms with Crippen LogP contribution < -0.4 is 11.2 Å². The highest BCUT2D eigenvalue weighted by atomic mass is 32.2. The molecule has 9 heteroatoms. The SMILES string of the molecule is CCOC(=O)CSc1nc2c(c(=O)n(C)c(=O)n2C)n1Cc1ccccc1C.